The zero-order valence-electron chi connectivity index (χ0n) is 32.1. The Bertz CT molecular complexity index is 1490. The maximum absolute atomic E-state index is 14.0. The number of ether oxygens (including phenoxy) is 2. The molecule has 2 aliphatic rings. The number of esters is 1. The molecule has 15 heteroatoms. The normalized spacial score (nSPS) is 20.0. The molecule has 0 spiro atoms. The molecule has 3 rings (SSSR count). The van der Waals surface area contributed by atoms with E-state index in [1.165, 1.54) is 42.1 Å². The van der Waals surface area contributed by atoms with E-state index >= 15 is 0 Å². The summed E-state index contributed by atoms with van der Waals surface area (Å²) in [6.07, 6.45) is 1.08. The molecule has 0 saturated carbocycles. The summed E-state index contributed by atoms with van der Waals surface area (Å²) >= 11 is 1.42. The van der Waals surface area contributed by atoms with E-state index in [0.717, 1.165) is 4.91 Å². The summed E-state index contributed by atoms with van der Waals surface area (Å²) in [6, 6.07) is 5.48. The number of carbonyl (C=O) groups is 3. The van der Waals surface area contributed by atoms with Crippen molar-refractivity contribution < 1.29 is 37.6 Å². The number of nitro groups is 1. The van der Waals surface area contributed by atoms with Gasteiger partial charge in [0, 0.05) is 41.9 Å². The zero-order valence-corrected chi connectivity index (χ0v) is 34.9. The van der Waals surface area contributed by atoms with Crippen LogP contribution in [-0.2, 0) is 34.5 Å². The number of hydrogen-bond acceptors (Lipinski definition) is 10. The monoisotopic (exact) mass is 763 g/mol. The number of nitrogens with one attached hydrogen (secondary N) is 1. The number of alkyl carbamates (subject to hydrolysis) is 1. The first-order valence-corrected chi connectivity index (χ1v) is 24.3. The molecule has 0 aromatic heterocycles. The van der Waals surface area contributed by atoms with Crippen LogP contribution < -0.4 is 5.32 Å². The molecule has 1 aromatic carbocycles. The number of non-ortho nitro benzene ring substituents is 1. The SMILES string of the molecule is C=CCOC(=O)C1=C(SCCNC(=O)OCc2ccc([N+](=O)[O-])cc2)[C@H](CCO[Si](C)(C)C(C)(C)C)[C@@H]2[C@@H]([C@@H](C)O[Si](C)(C)C(C)(C)C)C(=O)N12. The molecular weight excluding hydrogens is 707 g/mol. The third kappa shape index (κ3) is 10.1. The van der Waals surface area contributed by atoms with Crippen LogP contribution in [-0.4, -0.2) is 82.1 Å². The average molecular weight is 764 g/mol. The highest BCUT2D eigenvalue weighted by atomic mass is 32.2. The fraction of sp³-hybridized carbons (Fsp3) is 0.639. The van der Waals surface area contributed by atoms with E-state index in [1.807, 2.05) is 6.92 Å². The van der Waals surface area contributed by atoms with Crippen molar-refractivity contribution in [3.63, 3.8) is 0 Å². The molecule has 12 nitrogen and oxygen atoms in total. The van der Waals surface area contributed by atoms with Crippen LogP contribution in [0.4, 0.5) is 10.5 Å². The summed E-state index contributed by atoms with van der Waals surface area (Å²) in [5, 5.41) is 13.6. The van der Waals surface area contributed by atoms with E-state index in [9.17, 15) is 24.5 Å². The first-order valence-electron chi connectivity index (χ1n) is 17.5. The summed E-state index contributed by atoms with van der Waals surface area (Å²) in [5.41, 5.74) is 0.808. The fourth-order valence-electron chi connectivity index (χ4n) is 5.63. The van der Waals surface area contributed by atoms with Crippen LogP contribution in [0.25, 0.3) is 0 Å². The van der Waals surface area contributed by atoms with Gasteiger partial charge in [0.1, 0.15) is 18.9 Å². The topological polar surface area (TPSA) is 147 Å². The summed E-state index contributed by atoms with van der Waals surface area (Å²) in [5.74, 6) is -0.987. The number of hydrogen-bond donors (Lipinski definition) is 1. The maximum atomic E-state index is 14.0. The number of carbonyl (C=O) groups excluding carboxylic acids is 3. The molecule has 2 heterocycles. The molecule has 2 aliphatic heterocycles. The highest BCUT2D eigenvalue weighted by Gasteiger charge is 2.62. The van der Waals surface area contributed by atoms with Crippen molar-refractivity contribution in [1.29, 1.82) is 0 Å². The highest BCUT2D eigenvalue weighted by molar-refractivity contribution is 8.03. The lowest BCUT2D eigenvalue weighted by Gasteiger charge is -2.50. The third-order valence-corrected chi connectivity index (χ3v) is 20.9. The van der Waals surface area contributed by atoms with E-state index in [4.69, 9.17) is 18.3 Å². The van der Waals surface area contributed by atoms with Crippen molar-refractivity contribution in [3.05, 3.63) is 63.2 Å². The van der Waals surface area contributed by atoms with Gasteiger partial charge >= 0.3 is 12.1 Å². The average Bonchev–Trinajstić information content (AvgIpc) is 3.28. The van der Waals surface area contributed by atoms with Gasteiger partial charge in [0.2, 0.25) is 5.91 Å². The molecular formula is C36H57N3O9SSi2. The van der Waals surface area contributed by atoms with Gasteiger partial charge in [0.25, 0.3) is 5.69 Å². The Morgan fingerprint density at radius 1 is 1.06 bits per heavy atom. The van der Waals surface area contributed by atoms with Gasteiger partial charge in [-0.2, -0.15) is 0 Å². The highest BCUT2D eigenvalue weighted by Crippen LogP contribution is 2.53. The second-order valence-corrected chi connectivity index (χ2v) is 26.9. The predicted octanol–water partition coefficient (Wildman–Crippen LogP) is 7.77. The van der Waals surface area contributed by atoms with Crippen molar-refractivity contribution in [2.75, 3.05) is 25.5 Å². The lowest BCUT2D eigenvalue weighted by atomic mass is 9.77. The molecule has 2 amide bonds. The van der Waals surface area contributed by atoms with Crippen LogP contribution in [0, 0.1) is 22.0 Å². The van der Waals surface area contributed by atoms with Gasteiger partial charge in [-0.1, -0.05) is 54.2 Å². The molecule has 0 radical (unpaired) electrons. The van der Waals surface area contributed by atoms with Crippen LogP contribution in [0.5, 0.6) is 0 Å². The number of amides is 2. The van der Waals surface area contributed by atoms with E-state index < -0.39 is 39.5 Å². The molecule has 1 N–H and O–H groups in total. The van der Waals surface area contributed by atoms with Gasteiger partial charge in [-0.3, -0.25) is 14.9 Å². The number of nitrogens with zero attached hydrogens (tertiary/aromatic N) is 2. The largest absolute Gasteiger partial charge is 0.457 e. The van der Waals surface area contributed by atoms with Crippen molar-refractivity contribution in [3.8, 4) is 0 Å². The van der Waals surface area contributed by atoms with Gasteiger partial charge in [-0.05, 0) is 67.3 Å². The Morgan fingerprint density at radius 3 is 2.22 bits per heavy atom. The predicted molar refractivity (Wildman–Crippen MR) is 205 cm³/mol. The second-order valence-electron chi connectivity index (χ2n) is 16.2. The molecule has 0 bridgehead atoms. The second kappa shape index (κ2) is 16.8. The van der Waals surface area contributed by atoms with E-state index in [-0.39, 0.29) is 65.2 Å². The molecule has 1 saturated heterocycles. The number of benzene rings is 1. The van der Waals surface area contributed by atoms with Gasteiger partial charge in [0.15, 0.2) is 16.6 Å². The molecule has 284 valence electrons. The van der Waals surface area contributed by atoms with Crippen molar-refractivity contribution >= 4 is 52.1 Å². The van der Waals surface area contributed by atoms with Crippen molar-refractivity contribution in [2.45, 2.75) is 110 Å². The first-order chi connectivity index (χ1) is 23.5. The quantitative estimate of drug-likeness (QED) is 0.0318. The lowest BCUT2D eigenvalue weighted by Crippen LogP contribution is -2.65. The van der Waals surface area contributed by atoms with Gasteiger partial charge < -0.3 is 28.5 Å². The summed E-state index contributed by atoms with van der Waals surface area (Å²) in [7, 11) is -4.30. The fourth-order valence-corrected chi connectivity index (χ4v) is 9.33. The van der Waals surface area contributed by atoms with Crippen LogP contribution in [0.2, 0.25) is 36.3 Å². The van der Waals surface area contributed by atoms with Gasteiger partial charge in [-0.25, -0.2) is 9.59 Å². The lowest BCUT2D eigenvalue weighted by molar-refractivity contribution is -0.384. The minimum atomic E-state index is -2.22. The number of thioether (sulfide) groups is 1. The van der Waals surface area contributed by atoms with Crippen LogP contribution in [0.1, 0.15) is 60.5 Å². The molecule has 1 fully saturated rings. The number of fused-ring (bicyclic) bond motifs is 1. The smallest absolute Gasteiger partial charge is 0.407 e. The number of rotatable bonds is 17. The Kier molecular flexibility index (Phi) is 14.0. The number of nitro benzene ring substituents is 1. The summed E-state index contributed by atoms with van der Waals surface area (Å²) in [4.78, 5) is 52.8. The zero-order chi connectivity index (χ0) is 38.5. The molecule has 4 atom stereocenters. The standard InChI is InChI=1S/C36H57N3O9SSi2/c1-13-20-45-33(41)30-31(49-22-19-37-34(42)46-23-25-14-16-26(17-15-25)39(43)44)27(18-21-47-50(9,10)35(3,4)5)29-28(32(40)38(29)30)24(2)48-51(11,12)36(6,7)8/h13-17,24,27-29H,1,18-23H2,2-12H3,(H,37,42)/t24-,27-,28-,29-/m1/s1. The molecule has 1 aromatic rings. The van der Waals surface area contributed by atoms with Crippen LogP contribution in [0.15, 0.2) is 47.5 Å². The van der Waals surface area contributed by atoms with Crippen molar-refractivity contribution in [1.82, 2.24) is 10.2 Å². The summed E-state index contributed by atoms with van der Waals surface area (Å²) in [6.45, 7) is 28.1. The Labute approximate surface area is 309 Å². The molecule has 0 aliphatic carbocycles. The Balaban J connectivity index is 1.82. The minimum absolute atomic E-state index is 0.00258. The number of β-lactam (4-membered cyclic amide) rings is 1. The van der Waals surface area contributed by atoms with E-state index in [2.05, 4.69) is 79.6 Å². The minimum Gasteiger partial charge on any atom is -0.457 e. The Morgan fingerprint density at radius 2 is 1.67 bits per heavy atom. The van der Waals surface area contributed by atoms with E-state index in [0.29, 0.717) is 24.3 Å². The first kappa shape index (κ1) is 42.4. The molecule has 0 unspecified atom stereocenters. The van der Waals surface area contributed by atoms with E-state index in [1.54, 1.807) is 4.90 Å². The van der Waals surface area contributed by atoms with Gasteiger partial charge in [0.05, 0.1) is 23.0 Å². The van der Waals surface area contributed by atoms with Gasteiger partial charge in [-0.15, -0.1) is 11.8 Å². The summed E-state index contributed by atoms with van der Waals surface area (Å²) < 4.78 is 24.2. The Hall–Kier alpha value is -2.99. The maximum Gasteiger partial charge on any atom is 0.407 e. The molecule has 51 heavy (non-hydrogen) atoms. The third-order valence-electron chi connectivity index (χ3n) is 10.6. The van der Waals surface area contributed by atoms with Crippen LogP contribution in [0.3, 0.4) is 0 Å². The van der Waals surface area contributed by atoms with Crippen molar-refractivity contribution in [2.24, 2.45) is 11.8 Å². The van der Waals surface area contributed by atoms with Crippen LogP contribution >= 0.6 is 11.8 Å².